The number of hydrogen-bond donors (Lipinski definition) is 0. The van der Waals surface area contributed by atoms with Crippen LogP contribution in [0.1, 0.15) is 148 Å². The monoisotopic (exact) mass is 504 g/mol. The molecule has 8 saturated carbocycles. The van der Waals surface area contributed by atoms with Crippen molar-refractivity contribution >= 4 is 0 Å². The Balaban J connectivity index is 1.22. The first-order chi connectivity index (χ1) is 18.4. The molecule has 12 atom stereocenters. The van der Waals surface area contributed by atoms with E-state index in [4.69, 9.17) is 0 Å². The highest BCUT2D eigenvalue weighted by Crippen LogP contribution is 2.69. The Kier molecular flexibility index (Phi) is 6.99. The molecule has 8 rings (SSSR count). The average Bonchev–Trinajstić information content (AvgIpc) is 2.96. The fourth-order valence-corrected chi connectivity index (χ4v) is 14.6. The minimum Gasteiger partial charge on any atom is -0.0533 e. The molecule has 208 valence electrons. The summed E-state index contributed by atoms with van der Waals surface area (Å²) in [6, 6.07) is 0. The first-order valence-corrected chi connectivity index (χ1v) is 18.4. The Morgan fingerprint density at radius 3 is 1.32 bits per heavy atom. The molecule has 8 aliphatic carbocycles. The van der Waals surface area contributed by atoms with E-state index in [0.717, 1.165) is 71.0 Å². The summed E-state index contributed by atoms with van der Waals surface area (Å²) in [6.45, 7) is 0. The van der Waals surface area contributed by atoms with Gasteiger partial charge in [0.2, 0.25) is 0 Å². The van der Waals surface area contributed by atoms with E-state index in [1.54, 1.807) is 148 Å². The van der Waals surface area contributed by atoms with E-state index >= 15 is 0 Å². The van der Waals surface area contributed by atoms with Gasteiger partial charge in [-0.25, -0.2) is 0 Å². The first-order valence-electron chi connectivity index (χ1n) is 18.4. The lowest BCUT2D eigenvalue weighted by Gasteiger charge is -2.67. The van der Waals surface area contributed by atoms with Crippen molar-refractivity contribution < 1.29 is 0 Å². The normalized spacial score (nSPS) is 52.9. The maximum atomic E-state index is 1.71. The van der Waals surface area contributed by atoms with E-state index in [-0.39, 0.29) is 0 Å². The van der Waals surface area contributed by atoms with E-state index in [1.165, 1.54) is 11.8 Å². The molecule has 0 N–H and O–H groups in total. The summed E-state index contributed by atoms with van der Waals surface area (Å²) in [4.78, 5) is 0. The number of hydrogen-bond acceptors (Lipinski definition) is 0. The largest absolute Gasteiger partial charge is 0.0533 e. The first kappa shape index (κ1) is 24.8. The third-order valence-electron chi connectivity index (χ3n) is 15.5. The molecule has 0 aromatic carbocycles. The second-order valence-corrected chi connectivity index (χ2v) is 16.7. The van der Waals surface area contributed by atoms with Gasteiger partial charge in [-0.05, 0) is 109 Å². The molecule has 0 aromatic rings. The van der Waals surface area contributed by atoms with Crippen LogP contribution in [0.15, 0.2) is 0 Å². The van der Waals surface area contributed by atoms with E-state index in [0.29, 0.717) is 0 Å². The summed E-state index contributed by atoms with van der Waals surface area (Å²) in [5.74, 6) is 16.1. The fourth-order valence-electron chi connectivity index (χ4n) is 14.6. The second-order valence-electron chi connectivity index (χ2n) is 16.7. The summed E-state index contributed by atoms with van der Waals surface area (Å²) in [5, 5.41) is 0. The molecule has 8 aliphatic rings. The SMILES string of the molecule is C1CCC(C2C3CC4CCCCC4CC3C(C3CCCCC3)C3C4CCCC5CCCC(CC23)C54)CC1. The molecule has 0 saturated heterocycles. The standard InChI is InChI=1S/C37H60/c1-3-11-25(12-4-1)35-31-21-27-15-7-8-16-28(27)22-32(31)36(26-13-5-2-6-14-26)37-30-20-10-18-24-17-9-19-29(34(24)30)23-33(35)37/h24-37H,1-23H2. The van der Waals surface area contributed by atoms with Crippen LogP contribution < -0.4 is 0 Å². The van der Waals surface area contributed by atoms with Crippen LogP contribution in [0, 0.1) is 82.9 Å². The van der Waals surface area contributed by atoms with Crippen LogP contribution in [0.3, 0.4) is 0 Å². The second kappa shape index (κ2) is 10.4. The molecule has 0 bridgehead atoms. The van der Waals surface area contributed by atoms with Crippen LogP contribution >= 0.6 is 0 Å². The van der Waals surface area contributed by atoms with Gasteiger partial charge in [0.25, 0.3) is 0 Å². The average molecular weight is 505 g/mol. The lowest BCUT2D eigenvalue weighted by Crippen LogP contribution is -2.61. The molecule has 0 spiro atoms. The quantitative estimate of drug-likeness (QED) is 0.351. The van der Waals surface area contributed by atoms with Gasteiger partial charge in [-0.3, -0.25) is 0 Å². The topological polar surface area (TPSA) is 0 Å². The fraction of sp³-hybridized carbons (Fsp3) is 1.00. The van der Waals surface area contributed by atoms with Gasteiger partial charge in [0.05, 0.1) is 0 Å². The van der Waals surface area contributed by atoms with Gasteiger partial charge in [-0.1, -0.05) is 122 Å². The van der Waals surface area contributed by atoms with E-state index < -0.39 is 0 Å². The summed E-state index contributed by atoms with van der Waals surface area (Å²) >= 11 is 0. The summed E-state index contributed by atoms with van der Waals surface area (Å²) < 4.78 is 0. The molecule has 0 aromatic heterocycles. The van der Waals surface area contributed by atoms with Crippen molar-refractivity contribution in [2.75, 3.05) is 0 Å². The van der Waals surface area contributed by atoms with Crippen LogP contribution in [0.25, 0.3) is 0 Å². The van der Waals surface area contributed by atoms with Crippen molar-refractivity contribution in [3.63, 3.8) is 0 Å². The molecule has 0 aliphatic heterocycles. The predicted molar refractivity (Wildman–Crippen MR) is 155 cm³/mol. The molecular weight excluding hydrogens is 444 g/mol. The zero-order chi connectivity index (χ0) is 24.3. The highest BCUT2D eigenvalue weighted by Gasteiger charge is 2.62. The van der Waals surface area contributed by atoms with Crippen molar-refractivity contribution in [2.24, 2.45) is 82.9 Å². The molecule has 0 nitrogen and oxygen atoms in total. The minimum atomic E-state index is 1.13. The number of fused-ring (bicyclic) bond motifs is 4. The molecule has 0 amide bonds. The number of rotatable bonds is 2. The highest BCUT2D eigenvalue weighted by atomic mass is 14.7. The Morgan fingerprint density at radius 1 is 0.216 bits per heavy atom. The Morgan fingerprint density at radius 2 is 0.649 bits per heavy atom. The summed E-state index contributed by atoms with van der Waals surface area (Å²) in [6.07, 6.45) is 37.1. The van der Waals surface area contributed by atoms with Crippen molar-refractivity contribution in [2.45, 2.75) is 148 Å². The zero-order valence-electron chi connectivity index (χ0n) is 24.3. The Labute approximate surface area is 230 Å². The molecule has 37 heavy (non-hydrogen) atoms. The maximum Gasteiger partial charge on any atom is -0.0318 e. The van der Waals surface area contributed by atoms with Gasteiger partial charge in [-0.2, -0.15) is 0 Å². The Hall–Kier alpha value is 0. The van der Waals surface area contributed by atoms with Gasteiger partial charge in [0.1, 0.15) is 0 Å². The molecule has 8 fully saturated rings. The van der Waals surface area contributed by atoms with Crippen LogP contribution in [0.5, 0.6) is 0 Å². The summed E-state index contributed by atoms with van der Waals surface area (Å²) in [5.41, 5.74) is 0. The van der Waals surface area contributed by atoms with Gasteiger partial charge in [0, 0.05) is 0 Å². The van der Waals surface area contributed by atoms with E-state index in [1.807, 2.05) is 0 Å². The lowest BCUT2D eigenvalue weighted by atomic mass is 9.38. The molecular formula is C37H60. The highest BCUT2D eigenvalue weighted by molar-refractivity contribution is 5.10. The maximum absolute atomic E-state index is 1.71. The van der Waals surface area contributed by atoms with Gasteiger partial charge < -0.3 is 0 Å². The zero-order valence-corrected chi connectivity index (χ0v) is 24.3. The predicted octanol–water partition coefficient (Wildman–Crippen LogP) is 10.7. The third-order valence-corrected chi connectivity index (χ3v) is 15.5. The van der Waals surface area contributed by atoms with Crippen molar-refractivity contribution in [3.8, 4) is 0 Å². The molecule has 0 heterocycles. The van der Waals surface area contributed by atoms with Crippen LogP contribution in [0.4, 0.5) is 0 Å². The molecule has 0 radical (unpaired) electrons. The van der Waals surface area contributed by atoms with Crippen molar-refractivity contribution in [1.82, 2.24) is 0 Å². The van der Waals surface area contributed by atoms with E-state index in [9.17, 15) is 0 Å². The van der Waals surface area contributed by atoms with Crippen molar-refractivity contribution in [3.05, 3.63) is 0 Å². The van der Waals surface area contributed by atoms with Crippen LogP contribution in [-0.2, 0) is 0 Å². The molecule has 0 heteroatoms. The van der Waals surface area contributed by atoms with Crippen LogP contribution in [-0.4, -0.2) is 0 Å². The Bertz CT molecular complexity index is 769. The molecule has 12 unspecified atom stereocenters. The summed E-state index contributed by atoms with van der Waals surface area (Å²) in [7, 11) is 0. The van der Waals surface area contributed by atoms with E-state index in [2.05, 4.69) is 0 Å². The van der Waals surface area contributed by atoms with Gasteiger partial charge in [-0.15, -0.1) is 0 Å². The van der Waals surface area contributed by atoms with Crippen molar-refractivity contribution in [1.29, 1.82) is 0 Å². The van der Waals surface area contributed by atoms with Gasteiger partial charge in [0.15, 0.2) is 0 Å². The van der Waals surface area contributed by atoms with Crippen LogP contribution in [0.2, 0.25) is 0 Å². The lowest BCUT2D eigenvalue weighted by molar-refractivity contribution is -0.187. The van der Waals surface area contributed by atoms with Gasteiger partial charge >= 0.3 is 0 Å². The smallest absolute Gasteiger partial charge is 0.0318 e. The minimum absolute atomic E-state index is 1.13. The third kappa shape index (κ3) is 4.25.